The molecule has 0 spiro atoms. The van der Waals surface area contributed by atoms with Crippen molar-refractivity contribution >= 4 is 11.7 Å². The van der Waals surface area contributed by atoms with Crippen LogP contribution in [0.15, 0.2) is 36.5 Å². The van der Waals surface area contributed by atoms with Crippen LogP contribution in [0.2, 0.25) is 0 Å². The summed E-state index contributed by atoms with van der Waals surface area (Å²) in [6, 6.07) is 9.08. The summed E-state index contributed by atoms with van der Waals surface area (Å²) in [6.45, 7) is 3.94. The fraction of sp³-hybridized carbons (Fsp3) is 0.200. The van der Waals surface area contributed by atoms with Gasteiger partial charge in [-0.05, 0) is 37.1 Å². The quantitative estimate of drug-likeness (QED) is 0.677. The van der Waals surface area contributed by atoms with E-state index in [-0.39, 0.29) is 6.61 Å². The third-order valence-corrected chi connectivity index (χ3v) is 3.00. The van der Waals surface area contributed by atoms with Crippen LogP contribution in [-0.4, -0.2) is 11.0 Å². The zero-order chi connectivity index (χ0) is 13.8. The fourth-order valence-electron chi connectivity index (χ4n) is 1.74. The van der Waals surface area contributed by atoms with Gasteiger partial charge in [-0.25, -0.2) is 4.79 Å². The molecule has 0 radical (unpaired) electrons. The van der Waals surface area contributed by atoms with Gasteiger partial charge in [0, 0.05) is 11.9 Å². The van der Waals surface area contributed by atoms with Gasteiger partial charge in [0.1, 0.15) is 6.61 Å². The monoisotopic (exact) mass is 256 g/mol. The van der Waals surface area contributed by atoms with Crippen LogP contribution in [0.3, 0.4) is 0 Å². The molecule has 1 aromatic heterocycles. The van der Waals surface area contributed by atoms with Crippen molar-refractivity contribution in [2.75, 3.05) is 5.73 Å². The molecule has 0 aliphatic rings. The summed E-state index contributed by atoms with van der Waals surface area (Å²) in [7, 11) is 0. The minimum absolute atomic E-state index is 0.152. The van der Waals surface area contributed by atoms with Gasteiger partial charge in [-0.1, -0.05) is 18.2 Å². The molecule has 1 aromatic carbocycles. The van der Waals surface area contributed by atoms with Crippen LogP contribution in [0.4, 0.5) is 5.69 Å². The van der Waals surface area contributed by atoms with Crippen LogP contribution >= 0.6 is 0 Å². The Morgan fingerprint density at radius 2 is 1.95 bits per heavy atom. The van der Waals surface area contributed by atoms with Crippen molar-refractivity contribution in [3.05, 3.63) is 58.9 Å². The van der Waals surface area contributed by atoms with Gasteiger partial charge in [-0.2, -0.15) is 0 Å². The Morgan fingerprint density at radius 3 is 2.68 bits per heavy atom. The maximum Gasteiger partial charge on any atom is 0.340 e. The Labute approximate surface area is 112 Å². The van der Waals surface area contributed by atoms with Crippen LogP contribution in [0.25, 0.3) is 0 Å². The summed E-state index contributed by atoms with van der Waals surface area (Å²) < 4.78 is 5.25. The summed E-state index contributed by atoms with van der Waals surface area (Å²) >= 11 is 0. The maximum atomic E-state index is 12.0. The Bertz CT molecular complexity index is 609. The molecule has 4 heteroatoms. The second kappa shape index (κ2) is 5.52. The molecule has 0 bridgehead atoms. The number of hydrogen-bond donors (Lipinski definition) is 1. The zero-order valence-electron chi connectivity index (χ0n) is 11.0. The first-order chi connectivity index (χ1) is 9.09. The number of nitrogens with two attached hydrogens (primary N) is 1. The largest absolute Gasteiger partial charge is 0.456 e. The summed E-state index contributed by atoms with van der Waals surface area (Å²) in [5.74, 6) is -0.425. The minimum atomic E-state index is -0.425. The number of ether oxygens (including phenoxy) is 1. The number of para-hydroxylation sites is 1. The van der Waals surface area contributed by atoms with E-state index in [0.29, 0.717) is 11.3 Å². The lowest BCUT2D eigenvalue weighted by Gasteiger charge is -2.09. The molecule has 0 saturated carbocycles. The number of benzene rings is 1. The Kier molecular flexibility index (Phi) is 3.80. The topological polar surface area (TPSA) is 65.2 Å². The minimum Gasteiger partial charge on any atom is -0.456 e. The van der Waals surface area contributed by atoms with Crippen molar-refractivity contribution in [2.45, 2.75) is 20.5 Å². The van der Waals surface area contributed by atoms with E-state index in [4.69, 9.17) is 10.5 Å². The number of carbonyl (C=O) groups is 1. The molecule has 1 heterocycles. The molecule has 0 unspecified atom stereocenters. The predicted molar refractivity (Wildman–Crippen MR) is 73.7 cm³/mol. The zero-order valence-corrected chi connectivity index (χ0v) is 11.0. The highest BCUT2D eigenvalue weighted by Gasteiger charge is 2.13. The summed E-state index contributed by atoms with van der Waals surface area (Å²) in [4.78, 5) is 16.1. The molecule has 2 aromatic rings. The number of pyridine rings is 1. The molecule has 0 amide bonds. The van der Waals surface area contributed by atoms with E-state index < -0.39 is 5.97 Å². The smallest absolute Gasteiger partial charge is 0.340 e. The van der Waals surface area contributed by atoms with Gasteiger partial charge in [0.15, 0.2) is 0 Å². The van der Waals surface area contributed by atoms with Gasteiger partial charge in [0.2, 0.25) is 0 Å². The van der Waals surface area contributed by atoms with E-state index in [0.717, 1.165) is 16.8 Å². The number of nitrogens with zero attached hydrogens (tertiary/aromatic N) is 1. The first kappa shape index (κ1) is 13.1. The van der Waals surface area contributed by atoms with E-state index in [1.54, 1.807) is 18.3 Å². The second-order valence-corrected chi connectivity index (χ2v) is 4.38. The molecule has 2 rings (SSSR count). The highest BCUT2D eigenvalue weighted by atomic mass is 16.5. The number of carbonyl (C=O) groups excluding carboxylic acids is 1. The average molecular weight is 256 g/mol. The lowest BCUT2D eigenvalue weighted by atomic mass is 10.1. The molecule has 0 aliphatic heterocycles. The first-order valence-corrected chi connectivity index (χ1v) is 6.02. The van der Waals surface area contributed by atoms with E-state index in [1.165, 1.54) is 0 Å². The predicted octanol–water partition coefficient (Wildman–Crippen LogP) is 2.64. The lowest BCUT2D eigenvalue weighted by molar-refractivity contribution is 0.0468. The summed E-state index contributed by atoms with van der Waals surface area (Å²) in [5, 5.41) is 0. The standard InChI is InChI=1S/C15H16N2O2/c1-10-6-4-8-17-13(10)9-19-15(18)12-7-3-5-11(2)14(12)16/h3-8H,9,16H2,1-2H3. The van der Waals surface area contributed by atoms with Crippen molar-refractivity contribution in [3.63, 3.8) is 0 Å². The van der Waals surface area contributed by atoms with E-state index in [9.17, 15) is 4.79 Å². The molecule has 0 fully saturated rings. The highest BCUT2D eigenvalue weighted by molar-refractivity contribution is 5.95. The lowest BCUT2D eigenvalue weighted by Crippen LogP contribution is -2.10. The van der Waals surface area contributed by atoms with Crippen molar-refractivity contribution in [3.8, 4) is 0 Å². The number of rotatable bonds is 3. The van der Waals surface area contributed by atoms with E-state index in [1.807, 2.05) is 32.0 Å². The third-order valence-electron chi connectivity index (χ3n) is 3.00. The van der Waals surface area contributed by atoms with Gasteiger partial charge in [-0.3, -0.25) is 4.98 Å². The molecule has 0 atom stereocenters. The van der Waals surface area contributed by atoms with Crippen molar-refractivity contribution in [1.29, 1.82) is 0 Å². The van der Waals surface area contributed by atoms with Crippen molar-refractivity contribution in [1.82, 2.24) is 4.98 Å². The van der Waals surface area contributed by atoms with Gasteiger partial charge in [0.05, 0.1) is 11.3 Å². The Hall–Kier alpha value is -2.36. The molecule has 98 valence electrons. The Morgan fingerprint density at radius 1 is 1.21 bits per heavy atom. The molecular weight excluding hydrogens is 240 g/mol. The van der Waals surface area contributed by atoms with Gasteiger partial charge in [-0.15, -0.1) is 0 Å². The van der Waals surface area contributed by atoms with Gasteiger partial charge >= 0.3 is 5.97 Å². The van der Waals surface area contributed by atoms with E-state index >= 15 is 0 Å². The number of anilines is 1. The van der Waals surface area contributed by atoms with E-state index in [2.05, 4.69) is 4.98 Å². The van der Waals surface area contributed by atoms with Crippen LogP contribution in [-0.2, 0) is 11.3 Å². The van der Waals surface area contributed by atoms with Crippen LogP contribution < -0.4 is 5.73 Å². The highest BCUT2D eigenvalue weighted by Crippen LogP contribution is 2.18. The molecular formula is C15H16N2O2. The maximum absolute atomic E-state index is 12.0. The first-order valence-electron chi connectivity index (χ1n) is 6.02. The normalized spacial score (nSPS) is 10.2. The Balaban J connectivity index is 2.10. The number of aromatic nitrogens is 1. The SMILES string of the molecule is Cc1cccnc1COC(=O)c1cccc(C)c1N. The van der Waals surface area contributed by atoms with Crippen LogP contribution in [0, 0.1) is 13.8 Å². The average Bonchev–Trinajstić information content (AvgIpc) is 2.40. The molecule has 0 aliphatic carbocycles. The number of hydrogen-bond acceptors (Lipinski definition) is 4. The molecule has 4 nitrogen and oxygen atoms in total. The second-order valence-electron chi connectivity index (χ2n) is 4.38. The number of aryl methyl sites for hydroxylation is 2. The number of nitrogen functional groups attached to an aromatic ring is 1. The molecule has 2 N–H and O–H groups in total. The summed E-state index contributed by atoms with van der Waals surface area (Å²) in [5.41, 5.74) is 9.34. The van der Waals surface area contributed by atoms with Crippen LogP contribution in [0.1, 0.15) is 27.2 Å². The fourth-order valence-corrected chi connectivity index (χ4v) is 1.74. The van der Waals surface area contributed by atoms with Crippen molar-refractivity contribution in [2.24, 2.45) is 0 Å². The third kappa shape index (κ3) is 2.91. The van der Waals surface area contributed by atoms with Gasteiger partial charge in [0.25, 0.3) is 0 Å². The van der Waals surface area contributed by atoms with Crippen LogP contribution in [0.5, 0.6) is 0 Å². The summed E-state index contributed by atoms with van der Waals surface area (Å²) in [6.07, 6.45) is 1.68. The molecule has 0 saturated heterocycles. The van der Waals surface area contributed by atoms with Crippen molar-refractivity contribution < 1.29 is 9.53 Å². The van der Waals surface area contributed by atoms with Gasteiger partial charge < -0.3 is 10.5 Å². The number of esters is 1. The molecule has 19 heavy (non-hydrogen) atoms.